The maximum atomic E-state index is 13.6. The van der Waals surface area contributed by atoms with Gasteiger partial charge in [0.2, 0.25) is 0 Å². The fourth-order valence-electron chi connectivity index (χ4n) is 4.87. The Morgan fingerprint density at radius 1 is 1.11 bits per heavy atom. The number of imidazole rings is 1. The fourth-order valence-corrected chi connectivity index (χ4v) is 4.87. The van der Waals surface area contributed by atoms with Crippen molar-refractivity contribution in [3.8, 4) is 23.0 Å². The Hall–Kier alpha value is -4.87. The summed E-state index contributed by atoms with van der Waals surface area (Å²) < 4.78 is 22.6. The summed E-state index contributed by atoms with van der Waals surface area (Å²) in [5.74, 6) is 0.461. The third kappa shape index (κ3) is 3.72. The average Bonchev–Trinajstić information content (AvgIpc) is 3.65. The predicted octanol–water partition coefficient (Wildman–Crippen LogP) is 3.00. The lowest BCUT2D eigenvalue weighted by molar-refractivity contribution is -0.127. The minimum atomic E-state index is -0.663. The molecule has 5 aromatic rings. The number of carbonyl (C=O) groups is 2. The molecule has 5 heterocycles. The molecule has 11 nitrogen and oxygen atoms in total. The van der Waals surface area contributed by atoms with E-state index >= 15 is 0 Å². The molecule has 0 atom stereocenters. The maximum Gasteiger partial charge on any atom is 0.295 e. The summed E-state index contributed by atoms with van der Waals surface area (Å²) in [6, 6.07) is 4.58. The molecule has 12 heteroatoms. The summed E-state index contributed by atoms with van der Waals surface area (Å²) in [7, 11) is 1.48. The standard InChI is InChI=1S/C26H23FN8O3/c1-14-8-16(27)4-5-18(14)24-29-9-17-12-33(6-7-34(17)24)26(37)23(36)19-10-28-22-21(19)20(38-3)11-30-25(22)35-13-31-15(2)32-35/h4-5,8-11,13,28H,6-7,12H2,1-3H3. The van der Waals surface area contributed by atoms with Crippen LogP contribution in [0.25, 0.3) is 28.1 Å². The maximum absolute atomic E-state index is 13.6. The van der Waals surface area contributed by atoms with Crippen LogP contribution >= 0.6 is 0 Å². The lowest BCUT2D eigenvalue weighted by atomic mass is 10.1. The number of pyridine rings is 1. The number of aryl methyl sites for hydroxylation is 2. The molecule has 1 amide bonds. The van der Waals surface area contributed by atoms with Crippen LogP contribution < -0.4 is 4.74 Å². The molecule has 0 bridgehead atoms. The number of hydrogen-bond acceptors (Lipinski definition) is 7. The number of nitrogens with one attached hydrogen (secondary N) is 1. The number of amides is 1. The summed E-state index contributed by atoms with van der Waals surface area (Å²) >= 11 is 0. The highest BCUT2D eigenvalue weighted by Gasteiger charge is 2.31. The van der Waals surface area contributed by atoms with Gasteiger partial charge in [0.15, 0.2) is 5.82 Å². The van der Waals surface area contributed by atoms with Crippen molar-refractivity contribution >= 4 is 22.6 Å². The summed E-state index contributed by atoms with van der Waals surface area (Å²) in [5, 5.41) is 4.74. The minimum absolute atomic E-state index is 0.184. The van der Waals surface area contributed by atoms with Crippen LogP contribution in [-0.2, 0) is 17.9 Å². The molecule has 4 aromatic heterocycles. The zero-order valence-corrected chi connectivity index (χ0v) is 20.9. The Balaban J connectivity index is 1.30. The number of Topliss-reactive ketones (excluding diaryl/α,β-unsaturated/α-hetero) is 1. The first-order valence-electron chi connectivity index (χ1n) is 11.9. The molecular formula is C26H23FN8O3. The van der Waals surface area contributed by atoms with Crippen molar-refractivity contribution in [1.82, 2.24) is 39.2 Å². The van der Waals surface area contributed by atoms with E-state index in [1.807, 2.05) is 11.5 Å². The van der Waals surface area contributed by atoms with Gasteiger partial charge in [0, 0.05) is 24.8 Å². The van der Waals surface area contributed by atoms with E-state index in [9.17, 15) is 14.0 Å². The summed E-state index contributed by atoms with van der Waals surface area (Å²) in [6.45, 7) is 4.59. The first-order chi connectivity index (χ1) is 18.4. The van der Waals surface area contributed by atoms with Crippen molar-refractivity contribution in [2.45, 2.75) is 26.9 Å². The van der Waals surface area contributed by atoms with E-state index < -0.39 is 11.7 Å². The molecular weight excluding hydrogens is 491 g/mol. The second-order valence-electron chi connectivity index (χ2n) is 9.08. The van der Waals surface area contributed by atoms with Crippen LogP contribution in [-0.4, -0.2) is 64.5 Å². The molecule has 0 saturated carbocycles. The predicted molar refractivity (Wildman–Crippen MR) is 134 cm³/mol. The number of ether oxygens (including phenoxy) is 1. The summed E-state index contributed by atoms with van der Waals surface area (Å²) in [6.07, 6.45) is 6.19. The molecule has 1 aliphatic rings. The number of aromatic amines is 1. The zero-order valence-electron chi connectivity index (χ0n) is 20.9. The molecule has 0 radical (unpaired) electrons. The van der Waals surface area contributed by atoms with Gasteiger partial charge in [0.05, 0.1) is 48.2 Å². The van der Waals surface area contributed by atoms with Gasteiger partial charge in [0.25, 0.3) is 11.7 Å². The number of carbonyl (C=O) groups excluding carboxylic acids is 2. The molecule has 6 rings (SSSR count). The van der Waals surface area contributed by atoms with Gasteiger partial charge in [-0.15, -0.1) is 0 Å². The first kappa shape index (κ1) is 23.5. The Kier molecular flexibility index (Phi) is 5.51. The summed E-state index contributed by atoms with van der Waals surface area (Å²) in [5.41, 5.74) is 3.08. The van der Waals surface area contributed by atoms with E-state index in [-0.39, 0.29) is 17.9 Å². The van der Waals surface area contributed by atoms with Crippen molar-refractivity contribution in [3.05, 3.63) is 71.6 Å². The highest BCUT2D eigenvalue weighted by molar-refractivity contribution is 6.45. The minimum Gasteiger partial charge on any atom is -0.494 e. The van der Waals surface area contributed by atoms with Gasteiger partial charge in [-0.05, 0) is 37.6 Å². The van der Waals surface area contributed by atoms with Crippen molar-refractivity contribution in [1.29, 1.82) is 0 Å². The van der Waals surface area contributed by atoms with Crippen LogP contribution in [0.4, 0.5) is 4.39 Å². The number of methoxy groups -OCH3 is 1. The van der Waals surface area contributed by atoms with Gasteiger partial charge in [-0.1, -0.05) is 0 Å². The quantitative estimate of drug-likeness (QED) is 0.282. The molecule has 38 heavy (non-hydrogen) atoms. The molecule has 1 N–H and O–H groups in total. The van der Waals surface area contributed by atoms with E-state index in [0.29, 0.717) is 47.2 Å². The monoisotopic (exact) mass is 514 g/mol. The largest absolute Gasteiger partial charge is 0.494 e. The smallest absolute Gasteiger partial charge is 0.295 e. The van der Waals surface area contributed by atoms with Gasteiger partial charge in [-0.3, -0.25) is 9.59 Å². The van der Waals surface area contributed by atoms with Crippen molar-refractivity contribution < 1.29 is 18.7 Å². The molecule has 1 aliphatic heterocycles. The van der Waals surface area contributed by atoms with Crippen molar-refractivity contribution in [2.75, 3.05) is 13.7 Å². The van der Waals surface area contributed by atoms with Crippen LogP contribution in [0.3, 0.4) is 0 Å². The number of H-pyrrole nitrogens is 1. The van der Waals surface area contributed by atoms with E-state index in [2.05, 4.69) is 25.0 Å². The molecule has 1 aromatic carbocycles. The van der Waals surface area contributed by atoms with Gasteiger partial charge in [0.1, 0.15) is 29.5 Å². The number of nitrogens with zero attached hydrogens (tertiary/aromatic N) is 7. The zero-order chi connectivity index (χ0) is 26.6. The number of ketones is 1. The summed E-state index contributed by atoms with van der Waals surface area (Å²) in [4.78, 5) is 44.5. The average molecular weight is 515 g/mol. The van der Waals surface area contributed by atoms with E-state index in [4.69, 9.17) is 4.74 Å². The Bertz CT molecular complexity index is 1730. The SMILES string of the molecule is COc1cnc(-n2cnc(C)n2)c2[nH]cc(C(=O)C(=O)N3CCn4c(cnc4-c4ccc(F)cc4C)C3)c12. The van der Waals surface area contributed by atoms with E-state index in [1.54, 1.807) is 19.2 Å². The first-order valence-corrected chi connectivity index (χ1v) is 11.9. The van der Waals surface area contributed by atoms with Crippen molar-refractivity contribution in [2.24, 2.45) is 0 Å². The van der Waals surface area contributed by atoms with Crippen LogP contribution in [0, 0.1) is 19.7 Å². The fraction of sp³-hybridized carbons (Fsp3) is 0.231. The van der Waals surface area contributed by atoms with Crippen LogP contribution in [0.5, 0.6) is 5.75 Å². The molecule has 0 saturated heterocycles. The van der Waals surface area contributed by atoms with Crippen molar-refractivity contribution in [3.63, 3.8) is 0 Å². The highest BCUT2D eigenvalue weighted by Crippen LogP contribution is 2.32. The Labute approximate surface area is 215 Å². The topological polar surface area (TPSA) is 124 Å². The Morgan fingerprint density at radius 2 is 1.95 bits per heavy atom. The molecule has 0 fully saturated rings. The molecule has 0 spiro atoms. The van der Waals surface area contributed by atoms with Gasteiger partial charge in [-0.25, -0.2) is 24.0 Å². The number of hydrogen-bond donors (Lipinski definition) is 1. The van der Waals surface area contributed by atoms with E-state index in [1.165, 1.54) is 47.5 Å². The number of benzene rings is 1. The lowest BCUT2D eigenvalue weighted by Crippen LogP contribution is -2.41. The third-order valence-electron chi connectivity index (χ3n) is 6.74. The van der Waals surface area contributed by atoms with E-state index in [0.717, 1.165) is 16.8 Å². The molecule has 192 valence electrons. The number of halogens is 1. The van der Waals surface area contributed by atoms with Gasteiger partial charge < -0.3 is 19.2 Å². The van der Waals surface area contributed by atoms with Gasteiger partial charge >= 0.3 is 0 Å². The lowest BCUT2D eigenvalue weighted by Gasteiger charge is -2.28. The number of aromatic nitrogens is 7. The Morgan fingerprint density at radius 3 is 2.68 bits per heavy atom. The second kappa shape index (κ2) is 8.91. The van der Waals surface area contributed by atoms with Crippen LogP contribution in [0.15, 0.2) is 43.1 Å². The second-order valence-corrected chi connectivity index (χ2v) is 9.08. The molecule has 0 aliphatic carbocycles. The highest BCUT2D eigenvalue weighted by atomic mass is 19.1. The van der Waals surface area contributed by atoms with Crippen LogP contribution in [0.2, 0.25) is 0 Å². The van der Waals surface area contributed by atoms with Crippen LogP contribution in [0.1, 0.15) is 27.4 Å². The molecule has 0 unspecified atom stereocenters. The third-order valence-corrected chi connectivity index (χ3v) is 6.74. The normalized spacial score (nSPS) is 13.1. The number of fused-ring (bicyclic) bond motifs is 2. The number of rotatable bonds is 5. The van der Waals surface area contributed by atoms with Gasteiger partial charge in [-0.2, -0.15) is 5.10 Å².